The number of nitrogens with one attached hydrogen (secondary N) is 1. The highest BCUT2D eigenvalue weighted by atomic mass is 79.9. The molecule has 0 saturated carbocycles. The van der Waals surface area contributed by atoms with E-state index < -0.39 is 10.0 Å². The van der Waals surface area contributed by atoms with Gasteiger partial charge in [-0.2, -0.15) is 0 Å². The van der Waals surface area contributed by atoms with Crippen molar-refractivity contribution < 1.29 is 8.42 Å². The standard InChI is InChI=1S/C14H14BrNO2S/c1-10-3-6-13(7-4-10)19(17,18)16-14-8-5-12(15)9-11(14)2/h3-9,16H,1-2H3. The van der Waals surface area contributed by atoms with Crippen LogP contribution in [0.1, 0.15) is 11.1 Å². The van der Waals surface area contributed by atoms with Gasteiger partial charge in [0.1, 0.15) is 0 Å². The van der Waals surface area contributed by atoms with Crippen LogP contribution in [0.25, 0.3) is 0 Å². The van der Waals surface area contributed by atoms with Crippen LogP contribution in [0.5, 0.6) is 0 Å². The second-order valence-electron chi connectivity index (χ2n) is 4.38. The molecule has 0 aliphatic carbocycles. The van der Waals surface area contributed by atoms with Crippen molar-refractivity contribution in [2.24, 2.45) is 0 Å². The molecule has 100 valence electrons. The largest absolute Gasteiger partial charge is 0.279 e. The van der Waals surface area contributed by atoms with Crippen molar-refractivity contribution in [3.63, 3.8) is 0 Å². The molecule has 1 N–H and O–H groups in total. The van der Waals surface area contributed by atoms with E-state index in [1.165, 1.54) is 0 Å². The van der Waals surface area contributed by atoms with Gasteiger partial charge in [-0.1, -0.05) is 33.6 Å². The van der Waals surface area contributed by atoms with Gasteiger partial charge in [-0.25, -0.2) is 8.42 Å². The molecule has 2 rings (SSSR count). The first-order chi connectivity index (χ1) is 8.88. The Hall–Kier alpha value is -1.33. The third kappa shape index (κ3) is 3.36. The van der Waals surface area contributed by atoms with Gasteiger partial charge >= 0.3 is 0 Å². The van der Waals surface area contributed by atoms with Gasteiger partial charge in [0.25, 0.3) is 10.0 Å². The Labute approximate surface area is 121 Å². The van der Waals surface area contributed by atoms with Crippen molar-refractivity contribution in [2.45, 2.75) is 18.7 Å². The molecule has 0 saturated heterocycles. The minimum atomic E-state index is -3.53. The van der Waals surface area contributed by atoms with Crippen molar-refractivity contribution in [3.05, 3.63) is 58.1 Å². The smallest absolute Gasteiger partial charge is 0.261 e. The highest BCUT2D eigenvalue weighted by Crippen LogP contribution is 2.23. The minimum absolute atomic E-state index is 0.264. The highest BCUT2D eigenvalue weighted by Gasteiger charge is 2.14. The molecule has 2 aromatic rings. The number of benzene rings is 2. The van der Waals surface area contributed by atoms with Gasteiger partial charge in [-0.3, -0.25) is 4.72 Å². The third-order valence-corrected chi connectivity index (χ3v) is 4.64. The molecule has 0 bridgehead atoms. The van der Waals surface area contributed by atoms with E-state index in [0.717, 1.165) is 15.6 Å². The van der Waals surface area contributed by atoms with Gasteiger partial charge in [0.2, 0.25) is 0 Å². The first-order valence-electron chi connectivity index (χ1n) is 5.74. The Morgan fingerprint density at radius 1 is 1.00 bits per heavy atom. The summed E-state index contributed by atoms with van der Waals surface area (Å²) in [4.78, 5) is 0.264. The molecule has 2 aromatic carbocycles. The zero-order valence-corrected chi connectivity index (χ0v) is 13.0. The lowest BCUT2D eigenvalue weighted by atomic mass is 10.2. The average molecular weight is 340 g/mol. The first kappa shape index (κ1) is 14.1. The van der Waals surface area contributed by atoms with Gasteiger partial charge < -0.3 is 0 Å². The summed E-state index contributed by atoms with van der Waals surface area (Å²) in [5, 5.41) is 0. The van der Waals surface area contributed by atoms with Crippen LogP contribution in [0, 0.1) is 13.8 Å². The third-order valence-electron chi connectivity index (χ3n) is 2.76. The van der Waals surface area contributed by atoms with Crippen LogP contribution in [0.15, 0.2) is 51.8 Å². The highest BCUT2D eigenvalue weighted by molar-refractivity contribution is 9.10. The van der Waals surface area contributed by atoms with E-state index in [4.69, 9.17) is 0 Å². The van der Waals surface area contributed by atoms with Gasteiger partial charge in [0.05, 0.1) is 10.6 Å². The van der Waals surface area contributed by atoms with Crippen molar-refractivity contribution in [3.8, 4) is 0 Å². The summed E-state index contributed by atoms with van der Waals surface area (Å²) in [6.07, 6.45) is 0. The van der Waals surface area contributed by atoms with Gasteiger partial charge in [-0.05, 0) is 49.7 Å². The lowest BCUT2D eigenvalue weighted by Crippen LogP contribution is -2.13. The molecule has 0 amide bonds. The quantitative estimate of drug-likeness (QED) is 0.922. The molecule has 0 radical (unpaired) electrons. The number of halogens is 1. The molecule has 0 aromatic heterocycles. The molecule has 0 spiro atoms. The molecule has 0 atom stereocenters. The molecule has 0 heterocycles. The van der Waals surface area contributed by atoms with E-state index in [2.05, 4.69) is 20.7 Å². The van der Waals surface area contributed by atoms with E-state index in [9.17, 15) is 8.42 Å². The van der Waals surface area contributed by atoms with Crippen LogP contribution in [0.3, 0.4) is 0 Å². The summed E-state index contributed by atoms with van der Waals surface area (Å²) in [6.45, 7) is 3.78. The maximum atomic E-state index is 12.2. The van der Waals surface area contributed by atoms with E-state index in [1.807, 2.05) is 19.9 Å². The zero-order valence-electron chi connectivity index (χ0n) is 10.6. The SMILES string of the molecule is Cc1ccc(S(=O)(=O)Nc2ccc(Br)cc2C)cc1. The summed E-state index contributed by atoms with van der Waals surface area (Å²) in [6, 6.07) is 12.2. The summed E-state index contributed by atoms with van der Waals surface area (Å²) < 4.78 is 28.0. The fourth-order valence-electron chi connectivity index (χ4n) is 1.66. The maximum Gasteiger partial charge on any atom is 0.261 e. The van der Waals surface area contributed by atoms with Gasteiger partial charge in [0.15, 0.2) is 0 Å². The number of aryl methyl sites for hydroxylation is 2. The summed E-state index contributed by atoms with van der Waals surface area (Å²) in [5.41, 5.74) is 2.48. The fraction of sp³-hybridized carbons (Fsp3) is 0.143. The van der Waals surface area contributed by atoms with E-state index in [1.54, 1.807) is 36.4 Å². The normalized spacial score (nSPS) is 11.3. The second-order valence-corrected chi connectivity index (χ2v) is 6.98. The van der Waals surface area contributed by atoms with Crippen molar-refractivity contribution in [1.29, 1.82) is 0 Å². The molecular weight excluding hydrogens is 326 g/mol. The second kappa shape index (κ2) is 5.35. The Bertz CT molecular complexity index is 694. The van der Waals surface area contributed by atoms with Crippen molar-refractivity contribution in [1.82, 2.24) is 0 Å². The Kier molecular flexibility index (Phi) is 3.96. The average Bonchev–Trinajstić information content (AvgIpc) is 2.33. The van der Waals surface area contributed by atoms with E-state index in [-0.39, 0.29) is 4.90 Å². The number of hydrogen-bond acceptors (Lipinski definition) is 2. The van der Waals surface area contributed by atoms with Crippen LogP contribution in [-0.4, -0.2) is 8.42 Å². The molecule has 0 aliphatic heterocycles. The van der Waals surface area contributed by atoms with E-state index >= 15 is 0 Å². The maximum absolute atomic E-state index is 12.2. The molecule has 3 nitrogen and oxygen atoms in total. The van der Waals surface area contributed by atoms with Gasteiger partial charge in [0, 0.05) is 4.47 Å². The van der Waals surface area contributed by atoms with Crippen LogP contribution in [0.2, 0.25) is 0 Å². The molecule has 0 unspecified atom stereocenters. The molecular formula is C14H14BrNO2S. The predicted molar refractivity (Wildman–Crippen MR) is 80.9 cm³/mol. The van der Waals surface area contributed by atoms with Crippen LogP contribution >= 0.6 is 15.9 Å². The zero-order chi connectivity index (χ0) is 14.0. The first-order valence-corrected chi connectivity index (χ1v) is 8.02. The lowest BCUT2D eigenvalue weighted by Gasteiger charge is -2.11. The predicted octanol–water partition coefficient (Wildman–Crippen LogP) is 3.87. The van der Waals surface area contributed by atoms with Crippen LogP contribution in [0.4, 0.5) is 5.69 Å². The monoisotopic (exact) mass is 339 g/mol. The number of hydrogen-bond donors (Lipinski definition) is 1. The number of sulfonamides is 1. The van der Waals surface area contributed by atoms with Gasteiger partial charge in [-0.15, -0.1) is 0 Å². The lowest BCUT2D eigenvalue weighted by molar-refractivity contribution is 0.601. The molecule has 0 aliphatic rings. The minimum Gasteiger partial charge on any atom is -0.279 e. The summed E-state index contributed by atoms with van der Waals surface area (Å²) in [5.74, 6) is 0. The number of anilines is 1. The van der Waals surface area contributed by atoms with Crippen molar-refractivity contribution in [2.75, 3.05) is 4.72 Å². The molecule has 0 fully saturated rings. The summed E-state index contributed by atoms with van der Waals surface area (Å²) >= 11 is 3.35. The molecule has 5 heteroatoms. The topological polar surface area (TPSA) is 46.2 Å². The molecule has 19 heavy (non-hydrogen) atoms. The number of rotatable bonds is 3. The summed E-state index contributed by atoms with van der Waals surface area (Å²) in [7, 11) is -3.53. The van der Waals surface area contributed by atoms with E-state index in [0.29, 0.717) is 5.69 Å². The van der Waals surface area contributed by atoms with Crippen LogP contribution < -0.4 is 4.72 Å². The van der Waals surface area contributed by atoms with Crippen molar-refractivity contribution >= 4 is 31.6 Å². The fourth-order valence-corrected chi connectivity index (χ4v) is 3.27. The Morgan fingerprint density at radius 3 is 2.21 bits per heavy atom. The van der Waals surface area contributed by atoms with Crippen LogP contribution in [-0.2, 0) is 10.0 Å². The Balaban J connectivity index is 2.33. The Morgan fingerprint density at radius 2 is 1.63 bits per heavy atom.